The molecule has 1 nitrogen and oxygen atoms in total. The van der Waals surface area contributed by atoms with Crippen molar-refractivity contribution < 1.29 is 27.1 Å². The number of aryl methyl sites for hydroxylation is 1. The first-order valence-corrected chi connectivity index (χ1v) is 6.01. The Hall–Kier alpha value is -1.95. The predicted octanol–water partition coefficient (Wildman–Crippen LogP) is 4.37. The summed E-state index contributed by atoms with van der Waals surface area (Å²) in [5.41, 5.74) is -2.13. The molecule has 1 N–H and O–H groups in total. The first-order valence-electron chi connectivity index (χ1n) is 6.01. The van der Waals surface area contributed by atoms with E-state index in [1.807, 2.05) is 0 Å². The van der Waals surface area contributed by atoms with E-state index in [0.29, 0.717) is 6.07 Å². The molecular weight excluding hydrogens is 291 g/mol. The average Bonchev–Trinajstić information content (AvgIpc) is 2.41. The van der Waals surface area contributed by atoms with Crippen LogP contribution in [0.4, 0.5) is 22.0 Å². The molecule has 0 saturated carbocycles. The summed E-state index contributed by atoms with van der Waals surface area (Å²) < 4.78 is 65.9. The van der Waals surface area contributed by atoms with Crippen molar-refractivity contribution in [2.75, 3.05) is 0 Å². The maximum Gasteiger partial charge on any atom is 0.416 e. The van der Waals surface area contributed by atoms with Gasteiger partial charge in [0.2, 0.25) is 0 Å². The van der Waals surface area contributed by atoms with Gasteiger partial charge >= 0.3 is 6.18 Å². The molecule has 2 aromatic rings. The van der Waals surface area contributed by atoms with Gasteiger partial charge in [0.05, 0.1) is 5.56 Å². The minimum atomic E-state index is -4.70. The summed E-state index contributed by atoms with van der Waals surface area (Å²) in [5.74, 6) is -1.76. The Bertz CT molecular complexity index is 664. The van der Waals surface area contributed by atoms with Crippen LogP contribution in [0.3, 0.4) is 0 Å². The van der Waals surface area contributed by atoms with E-state index in [1.54, 1.807) is 0 Å². The monoisotopic (exact) mass is 302 g/mol. The Labute approximate surface area is 117 Å². The maximum atomic E-state index is 13.8. The highest BCUT2D eigenvalue weighted by molar-refractivity contribution is 5.39. The van der Waals surface area contributed by atoms with Crippen LogP contribution in [-0.4, -0.2) is 5.11 Å². The fraction of sp³-hybridized carbons (Fsp3) is 0.200. The highest BCUT2D eigenvalue weighted by Crippen LogP contribution is 2.37. The van der Waals surface area contributed by atoms with Gasteiger partial charge in [0.25, 0.3) is 0 Å². The van der Waals surface area contributed by atoms with Gasteiger partial charge in [0, 0.05) is 5.56 Å². The van der Waals surface area contributed by atoms with Crippen molar-refractivity contribution in [2.24, 2.45) is 0 Å². The number of aliphatic hydroxyl groups is 1. The molecule has 112 valence electrons. The fourth-order valence-corrected chi connectivity index (χ4v) is 2.03. The van der Waals surface area contributed by atoms with Gasteiger partial charge in [-0.25, -0.2) is 8.78 Å². The van der Waals surface area contributed by atoms with Crippen LogP contribution in [0.15, 0.2) is 36.4 Å². The molecule has 0 heterocycles. The molecule has 0 radical (unpaired) electrons. The largest absolute Gasteiger partial charge is 0.416 e. The topological polar surface area (TPSA) is 20.2 Å². The number of rotatable bonds is 2. The second kappa shape index (κ2) is 5.44. The van der Waals surface area contributed by atoms with E-state index in [4.69, 9.17) is 0 Å². The molecule has 0 aliphatic carbocycles. The van der Waals surface area contributed by atoms with Gasteiger partial charge < -0.3 is 5.11 Å². The summed E-state index contributed by atoms with van der Waals surface area (Å²) in [7, 11) is 0. The molecule has 0 saturated heterocycles. The molecule has 0 aliphatic rings. The molecular formula is C15H11F5O. The molecule has 1 unspecified atom stereocenters. The molecule has 1 atom stereocenters. The van der Waals surface area contributed by atoms with Crippen LogP contribution in [0, 0.1) is 18.6 Å². The number of hydrogen-bond donors (Lipinski definition) is 1. The summed E-state index contributed by atoms with van der Waals surface area (Å²) in [6.45, 7) is 1.32. The van der Waals surface area contributed by atoms with Gasteiger partial charge in [0.1, 0.15) is 17.7 Å². The number of benzene rings is 2. The van der Waals surface area contributed by atoms with Crippen LogP contribution in [0.25, 0.3) is 0 Å². The van der Waals surface area contributed by atoms with Crippen LogP contribution in [-0.2, 0) is 6.18 Å². The van der Waals surface area contributed by atoms with Crippen LogP contribution < -0.4 is 0 Å². The molecule has 0 fully saturated rings. The summed E-state index contributed by atoms with van der Waals surface area (Å²) >= 11 is 0. The minimum absolute atomic E-state index is 0.00700. The molecule has 21 heavy (non-hydrogen) atoms. The standard InChI is InChI=1S/C15H11F5O/c1-8-6-13(17)10(7-12(8)16)14(21)9-4-2-3-5-11(9)15(18,19)20/h2-7,14,21H,1H3. The van der Waals surface area contributed by atoms with Crippen molar-refractivity contribution in [2.45, 2.75) is 19.2 Å². The van der Waals surface area contributed by atoms with Gasteiger partial charge in [-0.15, -0.1) is 0 Å². The highest BCUT2D eigenvalue weighted by atomic mass is 19.4. The zero-order valence-corrected chi connectivity index (χ0v) is 10.9. The number of halogens is 5. The summed E-state index contributed by atoms with van der Waals surface area (Å²) in [5, 5.41) is 10.0. The molecule has 6 heteroatoms. The lowest BCUT2D eigenvalue weighted by atomic mass is 9.95. The zero-order chi connectivity index (χ0) is 15.8. The van der Waals surface area contributed by atoms with Crippen molar-refractivity contribution >= 4 is 0 Å². The van der Waals surface area contributed by atoms with Gasteiger partial charge in [-0.05, 0) is 36.2 Å². The highest BCUT2D eigenvalue weighted by Gasteiger charge is 2.35. The van der Waals surface area contributed by atoms with E-state index in [9.17, 15) is 27.1 Å². The SMILES string of the molecule is Cc1cc(F)c(C(O)c2ccccc2C(F)(F)F)cc1F. The maximum absolute atomic E-state index is 13.8. The molecule has 0 bridgehead atoms. The van der Waals surface area contributed by atoms with Crippen LogP contribution >= 0.6 is 0 Å². The van der Waals surface area contributed by atoms with Crippen molar-refractivity contribution in [3.63, 3.8) is 0 Å². The lowest BCUT2D eigenvalue weighted by Crippen LogP contribution is -2.13. The van der Waals surface area contributed by atoms with E-state index in [-0.39, 0.29) is 5.56 Å². The van der Waals surface area contributed by atoms with E-state index in [0.717, 1.165) is 24.3 Å². The van der Waals surface area contributed by atoms with E-state index in [1.165, 1.54) is 13.0 Å². The lowest BCUT2D eigenvalue weighted by Gasteiger charge is -2.18. The zero-order valence-electron chi connectivity index (χ0n) is 10.9. The molecule has 2 aromatic carbocycles. The van der Waals surface area contributed by atoms with E-state index < -0.39 is 40.6 Å². The van der Waals surface area contributed by atoms with Crippen LogP contribution in [0.5, 0.6) is 0 Å². The molecule has 0 spiro atoms. The van der Waals surface area contributed by atoms with Gasteiger partial charge in [-0.3, -0.25) is 0 Å². The normalized spacial score (nSPS) is 13.3. The predicted molar refractivity (Wildman–Crippen MR) is 66.6 cm³/mol. The third-order valence-corrected chi connectivity index (χ3v) is 3.13. The number of aliphatic hydroxyl groups excluding tert-OH is 1. The molecule has 2 rings (SSSR count). The minimum Gasteiger partial charge on any atom is -0.384 e. The van der Waals surface area contributed by atoms with Crippen molar-refractivity contribution in [1.82, 2.24) is 0 Å². The van der Waals surface area contributed by atoms with E-state index >= 15 is 0 Å². The molecule has 0 amide bonds. The average molecular weight is 302 g/mol. The fourth-order valence-electron chi connectivity index (χ4n) is 2.03. The summed E-state index contributed by atoms with van der Waals surface area (Å²) in [6.07, 6.45) is -6.60. The third kappa shape index (κ3) is 3.05. The Morgan fingerprint density at radius 2 is 1.57 bits per heavy atom. The third-order valence-electron chi connectivity index (χ3n) is 3.13. The Kier molecular flexibility index (Phi) is 4.00. The smallest absolute Gasteiger partial charge is 0.384 e. The molecule has 0 aromatic heterocycles. The van der Waals surface area contributed by atoms with Crippen molar-refractivity contribution in [3.05, 3.63) is 70.3 Å². The van der Waals surface area contributed by atoms with Crippen LogP contribution in [0.2, 0.25) is 0 Å². The van der Waals surface area contributed by atoms with E-state index in [2.05, 4.69) is 0 Å². The van der Waals surface area contributed by atoms with Gasteiger partial charge in [0.15, 0.2) is 0 Å². The van der Waals surface area contributed by atoms with Crippen LogP contribution in [0.1, 0.15) is 28.4 Å². The Morgan fingerprint density at radius 3 is 2.19 bits per heavy atom. The Balaban J connectivity index is 2.56. The quantitative estimate of drug-likeness (QED) is 0.817. The summed E-state index contributed by atoms with van der Waals surface area (Å²) in [4.78, 5) is 0. The Morgan fingerprint density at radius 1 is 0.952 bits per heavy atom. The second-order valence-electron chi connectivity index (χ2n) is 4.61. The molecule has 0 aliphatic heterocycles. The van der Waals surface area contributed by atoms with Gasteiger partial charge in [-0.1, -0.05) is 18.2 Å². The second-order valence-corrected chi connectivity index (χ2v) is 4.61. The number of hydrogen-bond acceptors (Lipinski definition) is 1. The van der Waals surface area contributed by atoms with Crippen molar-refractivity contribution in [3.8, 4) is 0 Å². The number of alkyl halides is 3. The van der Waals surface area contributed by atoms with Gasteiger partial charge in [-0.2, -0.15) is 13.2 Å². The summed E-state index contributed by atoms with van der Waals surface area (Å²) in [6, 6.07) is 5.81. The first kappa shape index (κ1) is 15.4. The first-order chi connectivity index (χ1) is 9.71. The van der Waals surface area contributed by atoms with Crippen molar-refractivity contribution in [1.29, 1.82) is 0 Å². The lowest BCUT2D eigenvalue weighted by molar-refractivity contribution is -0.139.